The molecule has 1 aliphatic rings. The van der Waals surface area contributed by atoms with E-state index in [4.69, 9.17) is 9.40 Å². The minimum Gasteiger partial charge on any atom is -0.424 e. The van der Waals surface area contributed by atoms with Crippen molar-refractivity contribution in [2.24, 2.45) is 0 Å². The zero-order valence-electron chi connectivity index (χ0n) is 12.3. The van der Waals surface area contributed by atoms with E-state index in [9.17, 15) is 0 Å². The second-order valence-electron chi connectivity index (χ2n) is 5.52. The van der Waals surface area contributed by atoms with Crippen LogP contribution in [0.1, 0.15) is 24.4 Å². The van der Waals surface area contributed by atoms with Gasteiger partial charge in [0.05, 0.1) is 5.69 Å². The molecule has 4 rings (SSSR count). The number of nitrogens with one attached hydrogen (secondary N) is 1. The van der Waals surface area contributed by atoms with Crippen LogP contribution in [-0.2, 0) is 13.0 Å². The van der Waals surface area contributed by atoms with Crippen LogP contribution in [0.3, 0.4) is 0 Å². The van der Waals surface area contributed by atoms with E-state index in [0.717, 1.165) is 35.3 Å². The van der Waals surface area contributed by atoms with Gasteiger partial charge in [-0.25, -0.2) is 4.98 Å². The van der Waals surface area contributed by atoms with Gasteiger partial charge in [0.15, 0.2) is 5.58 Å². The van der Waals surface area contributed by atoms with E-state index in [1.54, 1.807) is 7.05 Å². The van der Waals surface area contributed by atoms with Crippen molar-refractivity contribution in [3.63, 3.8) is 0 Å². The molecule has 1 aromatic carbocycles. The molecular formula is C16H18N4O. The third kappa shape index (κ3) is 1.92. The minimum atomic E-state index is 0.544. The van der Waals surface area contributed by atoms with Gasteiger partial charge in [-0.15, -0.1) is 0 Å². The van der Waals surface area contributed by atoms with Crippen LogP contribution in [0.2, 0.25) is 0 Å². The van der Waals surface area contributed by atoms with Gasteiger partial charge in [-0.1, -0.05) is 0 Å². The largest absolute Gasteiger partial charge is 0.424 e. The summed E-state index contributed by atoms with van der Waals surface area (Å²) in [6.45, 7) is 3.24. The number of rotatable bonds is 2. The van der Waals surface area contributed by atoms with Crippen LogP contribution in [0.5, 0.6) is 0 Å². The monoisotopic (exact) mass is 282 g/mol. The van der Waals surface area contributed by atoms with Crippen molar-refractivity contribution in [1.29, 1.82) is 0 Å². The summed E-state index contributed by atoms with van der Waals surface area (Å²) in [5.74, 6) is 1.21. The van der Waals surface area contributed by atoms with Gasteiger partial charge in [0.1, 0.15) is 11.3 Å². The summed E-state index contributed by atoms with van der Waals surface area (Å²) in [6, 6.07) is 6.63. The molecule has 1 N–H and O–H groups in total. The molecule has 0 unspecified atom stereocenters. The molecule has 3 aromatic rings. The van der Waals surface area contributed by atoms with Crippen molar-refractivity contribution < 1.29 is 4.42 Å². The summed E-state index contributed by atoms with van der Waals surface area (Å²) in [5, 5.41) is 2.93. The van der Waals surface area contributed by atoms with Gasteiger partial charge in [-0.05, 0) is 38.0 Å². The molecule has 2 aromatic heterocycles. The fourth-order valence-corrected chi connectivity index (χ4v) is 3.09. The fourth-order valence-electron chi connectivity index (χ4n) is 3.09. The summed E-state index contributed by atoms with van der Waals surface area (Å²) in [5.41, 5.74) is 5.09. The second-order valence-corrected chi connectivity index (χ2v) is 5.52. The SMILES string of the molecule is CNc1nc2cc(-c3nc4n(c3C)CCCC4)ccc2o1. The number of nitrogens with zero attached hydrogens (tertiary/aromatic N) is 3. The molecular weight excluding hydrogens is 264 g/mol. The van der Waals surface area contributed by atoms with Crippen LogP contribution in [0.25, 0.3) is 22.4 Å². The Kier molecular flexibility index (Phi) is 2.74. The van der Waals surface area contributed by atoms with Crippen molar-refractivity contribution in [3.05, 3.63) is 29.7 Å². The van der Waals surface area contributed by atoms with Crippen molar-refractivity contribution in [1.82, 2.24) is 14.5 Å². The maximum Gasteiger partial charge on any atom is 0.295 e. The van der Waals surface area contributed by atoms with E-state index in [0.29, 0.717) is 6.01 Å². The highest BCUT2D eigenvalue weighted by molar-refractivity contribution is 5.81. The average molecular weight is 282 g/mol. The number of hydrogen-bond acceptors (Lipinski definition) is 4. The zero-order chi connectivity index (χ0) is 14.4. The normalized spacial score (nSPS) is 14.4. The Hall–Kier alpha value is -2.30. The number of fused-ring (bicyclic) bond motifs is 2. The van der Waals surface area contributed by atoms with Crippen LogP contribution >= 0.6 is 0 Å². The molecule has 21 heavy (non-hydrogen) atoms. The number of aromatic nitrogens is 3. The number of aryl methyl sites for hydroxylation is 1. The lowest BCUT2D eigenvalue weighted by Crippen LogP contribution is -2.11. The number of anilines is 1. The average Bonchev–Trinajstić information content (AvgIpc) is 3.08. The molecule has 0 bridgehead atoms. The smallest absolute Gasteiger partial charge is 0.295 e. The summed E-state index contributed by atoms with van der Waals surface area (Å²) < 4.78 is 7.92. The Bertz CT molecular complexity index is 815. The Labute approximate surface area is 123 Å². The molecule has 0 atom stereocenters. The van der Waals surface area contributed by atoms with Crippen molar-refractivity contribution in [2.75, 3.05) is 12.4 Å². The van der Waals surface area contributed by atoms with Crippen molar-refractivity contribution >= 4 is 17.1 Å². The standard InChI is InChI=1S/C16H18N4O/c1-10-15(19-14-5-3-4-8-20(10)14)11-6-7-13-12(9-11)18-16(17-2)21-13/h6-7,9H,3-5,8H2,1-2H3,(H,17,18). The Balaban J connectivity index is 1.84. The van der Waals surface area contributed by atoms with E-state index in [1.165, 1.54) is 24.4 Å². The topological polar surface area (TPSA) is 55.9 Å². The Morgan fingerprint density at radius 3 is 2.95 bits per heavy atom. The lowest BCUT2D eigenvalue weighted by atomic mass is 10.1. The minimum absolute atomic E-state index is 0.544. The molecule has 3 heterocycles. The quantitative estimate of drug-likeness (QED) is 0.783. The van der Waals surface area contributed by atoms with E-state index in [2.05, 4.69) is 33.9 Å². The first-order chi connectivity index (χ1) is 10.3. The molecule has 0 spiro atoms. The van der Waals surface area contributed by atoms with E-state index < -0.39 is 0 Å². The first-order valence-electron chi connectivity index (χ1n) is 7.41. The molecule has 1 aliphatic heterocycles. The predicted octanol–water partition coefficient (Wildman–Crippen LogP) is 3.38. The van der Waals surface area contributed by atoms with Crippen LogP contribution in [0.15, 0.2) is 22.6 Å². The van der Waals surface area contributed by atoms with E-state index >= 15 is 0 Å². The van der Waals surface area contributed by atoms with Gasteiger partial charge in [0, 0.05) is 31.3 Å². The third-order valence-electron chi connectivity index (χ3n) is 4.21. The zero-order valence-corrected chi connectivity index (χ0v) is 12.3. The highest BCUT2D eigenvalue weighted by Crippen LogP contribution is 2.30. The highest BCUT2D eigenvalue weighted by Gasteiger charge is 2.18. The molecule has 0 aliphatic carbocycles. The highest BCUT2D eigenvalue weighted by atomic mass is 16.4. The predicted molar refractivity (Wildman–Crippen MR) is 82.5 cm³/mol. The maximum absolute atomic E-state index is 5.57. The lowest BCUT2D eigenvalue weighted by molar-refractivity contribution is 0.514. The van der Waals surface area contributed by atoms with Gasteiger partial charge in [-0.2, -0.15) is 4.98 Å². The Morgan fingerprint density at radius 2 is 2.14 bits per heavy atom. The molecule has 0 fully saturated rings. The van der Waals surface area contributed by atoms with Gasteiger partial charge >= 0.3 is 0 Å². The fraction of sp³-hybridized carbons (Fsp3) is 0.375. The van der Waals surface area contributed by atoms with Gasteiger partial charge < -0.3 is 14.3 Å². The summed E-state index contributed by atoms with van der Waals surface area (Å²) in [4.78, 5) is 9.26. The third-order valence-corrected chi connectivity index (χ3v) is 4.21. The molecule has 108 valence electrons. The molecule has 0 radical (unpaired) electrons. The molecule has 0 saturated carbocycles. The molecule has 5 heteroatoms. The van der Waals surface area contributed by atoms with Gasteiger partial charge in [-0.3, -0.25) is 0 Å². The first kappa shape index (κ1) is 12.4. The number of imidazole rings is 1. The van der Waals surface area contributed by atoms with Gasteiger partial charge in [0.25, 0.3) is 6.01 Å². The van der Waals surface area contributed by atoms with E-state index in [1.807, 2.05) is 6.07 Å². The molecule has 0 saturated heterocycles. The molecule has 0 amide bonds. The summed E-state index contributed by atoms with van der Waals surface area (Å²) in [7, 11) is 1.80. The van der Waals surface area contributed by atoms with Crippen LogP contribution in [0, 0.1) is 6.92 Å². The lowest BCUT2D eigenvalue weighted by Gasteiger charge is -2.14. The first-order valence-corrected chi connectivity index (χ1v) is 7.41. The van der Waals surface area contributed by atoms with Crippen LogP contribution < -0.4 is 5.32 Å². The number of oxazole rings is 1. The van der Waals surface area contributed by atoms with Crippen LogP contribution in [-0.4, -0.2) is 21.6 Å². The summed E-state index contributed by atoms with van der Waals surface area (Å²) in [6.07, 6.45) is 3.57. The molecule has 5 nitrogen and oxygen atoms in total. The second kappa shape index (κ2) is 4.62. The van der Waals surface area contributed by atoms with Crippen LogP contribution in [0.4, 0.5) is 6.01 Å². The van der Waals surface area contributed by atoms with Gasteiger partial charge in [0.2, 0.25) is 0 Å². The summed E-state index contributed by atoms with van der Waals surface area (Å²) >= 11 is 0. The van der Waals surface area contributed by atoms with E-state index in [-0.39, 0.29) is 0 Å². The maximum atomic E-state index is 5.57. The number of hydrogen-bond donors (Lipinski definition) is 1. The number of benzene rings is 1. The Morgan fingerprint density at radius 1 is 1.24 bits per heavy atom. The van der Waals surface area contributed by atoms with Crippen molar-refractivity contribution in [2.45, 2.75) is 32.7 Å². The van der Waals surface area contributed by atoms with Crippen molar-refractivity contribution in [3.8, 4) is 11.3 Å².